The van der Waals surface area contributed by atoms with Crippen molar-refractivity contribution in [3.05, 3.63) is 0 Å². The number of hydrogen-bond acceptors (Lipinski definition) is 1. The molecule has 0 aromatic rings. The third-order valence-electron chi connectivity index (χ3n) is 4.72. The third kappa shape index (κ3) is 5.30. The summed E-state index contributed by atoms with van der Waals surface area (Å²) in [4.78, 5) is 0. The van der Waals surface area contributed by atoms with Crippen molar-refractivity contribution in [2.75, 3.05) is 6.54 Å². The summed E-state index contributed by atoms with van der Waals surface area (Å²) in [7, 11) is 0. The van der Waals surface area contributed by atoms with Crippen LogP contribution in [0.2, 0.25) is 0 Å². The minimum atomic E-state index is 0.789. The Hall–Kier alpha value is -0.0400. The molecule has 0 radical (unpaired) electrons. The Morgan fingerprint density at radius 1 is 1.06 bits per heavy atom. The lowest BCUT2D eigenvalue weighted by molar-refractivity contribution is 0.164. The molecule has 3 unspecified atom stereocenters. The van der Waals surface area contributed by atoms with Gasteiger partial charge in [-0.2, -0.15) is 0 Å². The average molecular weight is 253 g/mol. The summed E-state index contributed by atoms with van der Waals surface area (Å²) in [5, 5.41) is 3.86. The summed E-state index contributed by atoms with van der Waals surface area (Å²) in [6, 6.07) is 0.789. The summed E-state index contributed by atoms with van der Waals surface area (Å²) < 4.78 is 0. The van der Waals surface area contributed by atoms with E-state index in [-0.39, 0.29) is 0 Å². The van der Waals surface area contributed by atoms with Crippen molar-refractivity contribution in [3.8, 4) is 0 Å². The average Bonchev–Trinajstić information content (AvgIpc) is 2.38. The van der Waals surface area contributed by atoms with E-state index >= 15 is 0 Å². The lowest BCUT2D eigenvalue weighted by atomic mass is 9.72. The molecule has 108 valence electrons. The first-order valence-electron chi connectivity index (χ1n) is 8.42. The standard InChI is InChI=1S/C17H35N/c1-5-13-18-17(12-11-14(3)4)16-10-8-7-9-15(16)6-2/h14-18H,5-13H2,1-4H3. The van der Waals surface area contributed by atoms with E-state index in [1.165, 1.54) is 57.9 Å². The summed E-state index contributed by atoms with van der Waals surface area (Å²) >= 11 is 0. The molecule has 0 aromatic heterocycles. The first-order valence-corrected chi connectivity index (χ1v) is 8.42. The van der Waals surface area contributed by atoms with Gasteiger partial charge in [0, 0.05) is 6.04 Å². The van der Waals surface area contributed by atoms with Crippen LogP contribution in [0.5, 0.6) is 0 Å². The van der Waals surface area contributed by atoms with Crippen molar-refractivity contribution in [1.29, 1.82) is 0 Å². The zero-order valence-electron chi connectivity index (χ0n) is 13.2. The van der Waals surface area contributed by atoms with Crippen LogP contribution in [-0.4, -0.2) is 12.6 Å². The van der Waals surface area contributed by atoms with E-state index in [9.17, 15) is 0 Å². The number of nitrogens with one attached hydrogen (secondary N) is 1. The quantitative estimate of drug-likeness (QED) is 0.641. The van der Waals surface area contributed by atoms with Gasteiger partial charge in [0.15, 0.2) is 0 Å². The van der Waals surface area contributed by atoms with Crippen molar-refractivity contribution in [1.82, 2.24) is 5.32 Å². The second-order valence-corrected chi connectivity index (χ2v) is 6.65. The van der Waals surface area contributed by atoms with Gasteiger partial charge in [-0.25, -0.2) is 0 Å². The van der Waals surface area contributed by atoms with E-state index in [0.717, 1.165) is 23.8 Å². The van der Waals surface area contributed by atoms with Crippen LogP contribution < -0.4 is 5.32 Å². The normalized spacial score (nSPS) is 26.5. The lowest BCUT2D eigenvalue weighted by Gasteiger charge is -2.38. The lowest BCUT2D eigenvalue weighted by Crippen LogP contribution is -2.41. The van der Waals surface area contributed by atoms with Gasteiger partial charge in [0.05, 0.1) is 0 Å². The van der Waals surface area contributed by atoms with Crippen LogP contribution in [0, 0.1) is 17.8 Å². The SMILES string of the molecule is CCCNC(CCC(C)C)C1CCCCC1CC. The Kier molecular flexibility index (Phi) is 7.97. The first-order chi connectivity index (χ1) is 8.69. The molecule has 3 atom stereocenters. The molecule has 1 aliphatic carbocycles. The van der Waals surface area contributed by atoms with Gasteiger partial charge in [0.1, 0.15) is 0 Å². The van der Waals surface area contributed by atoms with Gasteiger partial charge in [-0.15, -0.1) is 0 Å². The molecule has 0 amide bonds. The third-order valence-corrected chi connectivity index (χ3v) is 4.72. The van der Waals surface area contributed by atoms with Crippen LogP contribution >= 0.6 is 0 Å². The van der Waals surface area contributed by atoms with E-state index in [4.69, 9.17) is 0 Å². The Balaban J connectivity index is 2.54. The molecule has 1 saturated carbocycles. The highest BCUT2D eigenvalue weighted by molar-refractivity contribution is 4.84. The molecule has 1 N–H and O–H groups in total. The van der Waals surface area contributed by atoms with Crippen LogP contribution in [0.1, 0.15) is 79.1 Å². The second kappa shape index (κ2) is 8.96. The molecule has 1 rings (SSSR count). The van der Waals surface area contributed by atoms with Gasteiger partial charge in [0.2, 0.25) is 0 Å². The first kappa shape index (κ1) is 16.0. The number of hydrogen-bond donors (Lipinski definition) is 1. The van der Waals surface area contributed by atoms with Gasteiger partial charge in [-0.1, -0.05) is 53.4 Å². The molecule has 1 heteroatoms. The maximum Gasteiger partial charge on any atom is 0.00980 e. The second-order valence-electron chi connectivity index (χ2n) is 6.65. The van der Waals surface area contributed by atoms with Crippen molar-refractivity contribution in [2.24, 2.45) is 17.8 Å². The molecule has 1 fully saturated rings. The summed E-state index contributed by atoms with van der Waals surface area (Å²) in [5.74, 6) is 2.79. The minimum absolute atomic E-state index is 0.789. The van der Waals surface area contributed by atoms with Crippen LogP contribution in [-0.2, 0) is 0 Å². The van der Waals surface area contributed by atoms with E-state index in [1.807, 2.05) is 0 Å². The van der Waals surface area contributed by atoms with Crippen molar-refractivity contribution in [2.45, 2.75) is 85.1 Å². The fourth-order valence-electron chi connectivity index (χ4n) is 3.58. The molecular formula is C17H35N. The molecule has 0 bridgehead atoms. The van der Waals surface area contributed by atoms with E-state index < -0.39 is 0 Å². The van der Waals surface area contributed by atoms with Crippen molar-refractivity contribution in [3.63, 3.8) is 0 Å². The van der Waals surface area contributed by atoms with Gasteiger partial charge in [0.25, 0.3) is 0 Å². The van der Waals surface area contributed by atoms with E-state index in [2.05, 4.69) is 33.0 Å². The highest BCUT2D eigenvalue weighted by Crippen LogP contribution is 2.36. The summed E-state index contributed by atoms with van der Waals surface area (Å²) in [6.45, 7) is 10.6. The Morgan fingerprint density at radius 3 is 2.39 bits per heavy atom. The molecule has 18 heavy (non-hydrogen) atoms. The molecule has 0 spiro atoms. The Morgan fingerprint density at radius 2 is 1.78 bits per heavy atom. The van der Waals surface area contributed by atoms with E-state index in [1.54, 1.807) is 0 Å². The predicted molar refractivity (Wildman–Crippen MR) is 81.9 cm³/mol. The molecule has 1 aliphatic rings. The zero-order valence-corrected chi connectivity index (χ0v) is 13.2. The number of rotatable bonds is 8. The summed E-state index contributed by atoms with van der Waals surface area (Å²) in [5.41, 5.74) is 0. The smallest absolute Gasteiger partial charge is 0.00980 e. The molecule has 0 heterocycles. The molecule has 0 aliphatic heterocycles. The van der Waals surface area contributed by atoms with Crippen molar-refractivity contribution >= 4 is 0 Å². The molecule has 1 nitrogen and oxygen atoms in total. The maximum atomic E-state index is 3.86. The van der Waals surface area contributed by atoms with Gasteiger partial charge in [-0.05, 0) is 50.0 Å². The van der Waals surface area contributed by atoms with Gasteiger partial charge >= 0.3 is 0 Å². The minimum Gasteiger partial charge on any atom is -0.314 e. The van der Waals surface area contributed by atoms with Crippen LogP contribution in [0.3, 0.4) is 0 Å². The van der Waals surface area contributed by atoms with Gasteiger partial charge in [-0.3, -0.25) is 0 Å². The monoisotopic (exact) mass is 253 g/mol. The molecule has 0 saturated heterocycles. The fourth-order valence-corrected chi connectivity index (χ4v) is 3.58. The summed E-state index contributed by atoms with van der Waals surface area (Å²) in [6.07, 6.45) is 11.3. The predicted octanol–water partition coefficient (Wildman–Crippen LogP) is 5.01. The fraction of sp³-hybridized carbons (Fsp3) is 1.00. The topological polar surface area (TPSA) is 12.0 Å². The van der Waals surface area contributed by atoms with Crippen LogP contribution in [0.25, 0.3) is 0 Å². The molecule has 0 aromatic carbocycles. The van der Waals surface area contributed by atoms with Crippen LogP contribution in [0.15, 0.2) is 0 Å². The largest absolute Gasteiger partial charge is 0.314 e. The zero-order chi connectivity index (χ0) is 13.4. The Labute approximate surface area is 115 Å². The highest BCUT2D eigenvalue weighted by Gasteiger charge is 2.30. The Bertz CT molecular complexity index is 200. The highest BCUT2D eigenvalue weighted by atomic mass is 14.9. The maximum absolute atomic E-state index is 3.86. The van der Waals surface area contributed by atoms with Crippen LogP contribution in [0.4, 0.5) is 0 Å². The van der Waals surface area contributed by atoms with Crippen molar-refractivity contribution < 1.29 is 0 Å². The van der Waals surface area contributed by atoms with Gasteiger partial charge < -0.3 is 5.32 Å². The molecular weight excluding hydrogens is 218 g/mol. The van der Waals surface area contributed by atoms with E-state index in [0.29, 0.717) is 0 Å².